The Labute approximate surface area is 199 Å². The third-order valence-electron chi connectivity index (χ3n) is 5.64. The molecule has 172 valence electrons. The van der Waals surface area contributed by atoms with Gasteiger partial charge in [-0.05, 0) is 43.0 Å². The van der Waals surface area contributed by atoms with Gasteiger partial charge in [-0.3, -0.25) is 9.36 Å². The highest BCUT2D eigenvalue weighted by atomic mass is 32.1. The molecule has 0 saturated heterocycles. The quantitative estimate of drug-likeness (QED) is 0.309. The predicted molar refractivity (Wildman–Crippen MR) is 139 cm³/mol. The van der Waals surface area contributed by atoms with Gasteiger partial charge in [-0.25, -0.2) is 4.98 Å². The zero-order valence-electron chi connectivity index (χ0n) is 20.0. The third kappa shape index (κ3) is 4.81. The van der Waals surface area contributed by atoms with E-state index < -0.39 is 0 Å². The molecule has 0 aliphatic heterocycles. The van der Waals surface area contributed by atoms with E-state index in [1.165, 1.54) is 16.9 Å². The Morgan fingerprint density at radius 3 is 2.55 bits per heavy atom. The van der Waals surface area contributed by atoms with Crippen molar-refractivity contribution in [2.75, 3.05) is 25.1 Å². The topological polar surface area (TPSA) is 47.4 Å². The van der Waals surface area contributed by atoms with E-state index in [2.05, 4.69) is 67.9 Å². The summed E-state index contributed by atoms with van der Waals surface area (Å²) in [6.45, 7) is 10.6. The number of nitrogens with zero attached hydrogens (tertiary/aromatic N) is 3. The number of hydrogen-bond acceptors (Lipinski definition) is 5. The number of anilines is 1. The van der Waals surface area contributed by atoms with Crippen molar-refractivity contribution < 1.29 is 4.74 Å². The molecule has 0 spiro atoms. The number of thiophene rings is 1. The molecular weight excluding hydrogens is 430 g/mol. The van der Waals surface area contributed by atoms with Crippen molar-refractivity contribution in [1.29, 1.82) is 0 Å². The maximum Gasteiger partial charge on any atom is 0.275 e. The van der Waals surface area contributed by atoms with Gasteiger partial charge in [-0.2, -0.15) is 0 Å². The summed E-state index contributed by atoms with van der Waals surface area (Å²) in [5, 5.41) is 0. The lowest BCUT2D eigenvalue weighted by molar-refractivity contribution is 0.413. The summed E-state index contributed by atoms with van der Waals surface area (Å²) in [5.41, 5.74) is 4.78. The monoisotopic (exact) mass is 461 g/mol. The van der Waals surface area contributed by atoms with Gasteiger partial charge < -0.3 is 9.64 Å². The SMILES string of the molecule is CCCN(CC(C)C)c1ccc(-n2cnc3cc(-c4ccc(C)cc4)sc3c2=O)cc1OC. The summed E-state index contributed by atoms with van der Waals surface area (Å²) in [4.78, 5) is 21.4. The van der Waals surface area contributed by atoms with Gasteiger partial charge in [0.25, 0.3) is 5.56 Å². The van der Waals surface area contributed by atoms with Crippen LogP contribution in [-0.4, -0.2) is 29.8 Å². The van der Waals surface area contributed by atoms with E-state index in [-0.39, 0.29) is 5.56 Å². The molecular formula is C27H31N3O2S. The Bertz CT molecular complexity index is 1310. The molecule has 4 rings (SSSR count). The van der Waals surface area contributed by atoms with Crippen LogP contribution in [0.3, 0.4) is 0 Å². The minimum atomic E-state index is -0.0641. The smallest absolute Gasteiger partial charge is 0.275 e. The molecule has 2 heterocycles. The number of aromatic nitrogens is 2. The summed E-state index contributed by atoms with van der Waals surface area (Å²) in [6.07, 6.45) is 2.67. The number of benzene rings is 2. The minimum Gasteiger partial charge on any atom is -0.495 e. The van der Waals surface area contributed by atoms with Gasteiger partial charge in [0.2, 0.25) is 0 Å². The van der Waals surface area contributed by atoms with Crippen LogP contribution in [0.15, 0.2) is 59.7 Å². The molecule has 0 aliphatic carbocycles. The first-order valence-electron chi connectivity index (χ1n) is 11.4. The van der Waals surface area contributed by atoms with Crippen molar-refractivity contribution in [3.8, 4) is 21.9 Å². The summed E-state index contributed by atoms with van der Waals surface area (Å²) >= 11 is 1.49. The third-order valence-corrected chi connectivity index (χ3v) is 6.80. The molecule has 0 bridgehead atoms. The Balaban J connectivity index is 1.74. The summed E-state index contributed by atoms with van der Waals surface area (Å²) in [6, 6.07) is 16.3. The first-order valence-corrected chi connectivity index (χ1v) is 12.2. The van der Waals surface area contributed by atoms with Crippen molar-refractivity contribution in [3.63, 3.8) is 0 Å². The number of rotatable bonds is 8. The van der Waals surface area contributed by atoms with Crippen LogP contribution in [0.4, 0.5) is 5.69 Å². The Hall–Kier alpha value is -3.12. The van der Waals surface area contributed by atoms with E-state index in [0.29, 0.717) is 10.6 Å². The molecule has 0 atom stereocenters. The van der Waals surface area contributed by atoms with E-state index in [9.17, 15) is 4.79 Å². The first-order chi connectivity index (χ1) is 15.9. The Kier molecular flexibility index (Phi) is 6.84. The predicted octanol–water partition coefficient (Wildman–Crippen LogP) is 6.30. The maximum atomic E-state index is 13.4. The molecule has 0 fully saturated rings. The lowest BCUT2D eigenvalue weighted by Gasteiger charge is -2.28. The fourth-order valence-electron chi connectivity index (χ4n) is 4.05. The molecule has 5 nitrogen and oxygen atoms in total. The van der Waals surface area contributed by atoms with Crippen LogP contribution in [0.5, 0.6) is 5.75 Å². The molecule has 2 aromatic heterocycles. The number of fused-ring (bicyclic) bond motifs is 1. The molecule has 0 N–H and O–H groups in total. The van der Waals surface area contributed by atoms with Crippen molar-refractivity contribution in [2.24, 2.45) is 5.92 Å². The van der Waals surface area contributed by atoms with Gasteiger partial charge in [0.1, 0.15) is 16.8 Å². The summed E-state index contributed by atoms with van der Waals surface area (Å²) in [7, 11) is 1.68. The van der Waals surface area contributed by atoms with Crippen molar-refractivity contribution in [3.05, 3.63) is 70.8 Å². The van der Waals surface area contributed by atoms with E-state index in [1.54, 1.807) is 18.0 Å². The van der Waals surface area contributed by atoms with E-state index >= 15 is 0 Å². The summed E-state index contributed by atoms with van der Waals surface area (Å²) < 4.78 is 8.00. The highest BCUT2D eigenvalue weighted by Crippen LogP contribution is 2.33. The molecule has 2 aromatic carbocycles. The van der Waals surface area contributed by atoms with Crippen molar-refractivity contribution in [2.45, 2.75) is 34.1 Å². The molecule has 33 heavy (non-hydrogen) atoms. The molecule has 0 unspecified atom stereocenters. The van der Waals surface area contributed by atoms with E-state index in [1.807, 2.05) is 18.2 Å². The first kappa shape index (κ1) is 23.1. The van der Waals surface area contributed by atoms with Gasteiger partial charge in [-0.15, -0.1) is 11.3 Å². The van der Waals surface area contributed by atoms with Crippen LogP contribution in [0.25, 0.3) is 26.3 Å². The molecule has 0 amide bonds. The molecule has 0 aliphatic rings. The van der Waals surface area contributed by atoms with Gasteiger partial charge in [0, 0.05) is 24.0 Å². The fourth-order valence-corrected chi connectivity index (χ4v) is 5.10. The molecule has 0 radical (unpaired) electrons. The number of ether oxygens (including phenoxy) is 1. The average molecular weight is 462 g/mol. The van der Waals surface area contributed by atoms with Crippen LogP contribution < -0.4 is 15.2 Å². The Morgan fingerprint density at radius 2 is 1.88 bits per heavy atom. The highest BCUT2D eigenvalue weighted by Gasteiger charge is 2.16. The van der Waals surface area contributed by atoms with Gasteiger partial charge in [-0.1, -0.05) is 50.6 Å². The number of methoxy groups -OCH3 is 1. The second-order valence-corrected chi connectivity index (χ2v) is 9.86. The van der Waals surface area contributed by atoms with Gasteiger partial charge in [0.15, 0.2) is 0 Å². The minimum absolute atomic E-state index is 0.0641. The van der Waals surface area contributed by atoms with Gasteiger partial charge in [0.05, 0.1) is 24.0 Å². The zero-order valence-corrected chi connectivity index (χ0v) is 20.8. The van der Waals surface area contributed by atoms with Crippen LogP contribution in [0, 0.1) is 12.8 Å². The van der Waals surface area contributed by atoms with Crippen LogP contribution >= 0.6 is 11.3 Å². The van der Waals surface area contributed by atoms with E-state index in [4.69, 9.17) is 4.74 Å². The largest absolute Gasteiger partial charge is 0.495 e. The van der Waals surface area contributed by atoms with Crippen molar-refractivity contribution >= 4 is 27.2 Å². The lowest BCUT2D eigenvalue weighted by atomic mass is 10.1. The van der Waals surface area contributed by atoms with Crippen LogP contribution in [0.1, 0.15) is 32.8 Å². The second-order valence-electron chi connectivity index (χ2n) is 8.81. The lowest BCUT2D eigenvalue weighted by Crippen LogP contribution is -2.29. The van der Waals surface area contributed by atoms with Gasteiger partial charge >= 0.3 is 0 Å². The van der Waals surface area contributed by atoms with Crippen LogP contribution in [-0.2, 0) is 0 Å². The molecule has 4 aromatic rings. The fraction of sp³-hybridized carbons (Fsp3) is 0.333. The van der Waals surface area contributed by atoms with Crippen molar-refractivity contribution in [1.82, 2.24) is 9.55 Å². The standard InChI is InChI=1S/C27H31N3O2S/c1-6-13-29(16-18(2)3)23-12-11-21(14-24(23)32-5)30-17-28-22-15-25(33-26(22)27(30)31)20-9-7-19(4)8-10-20/h7-12,14-15,17-18H,6,13,16H2,1-5H3. The Morgan fingerprint density at radius 1 is 1.12 bits per heavy atom. The van der Waals surface area contributed by atoms with Crippen LogP contribution in [0.2, 0.25) is 0 Å². The molecule has 6 heteroatoms. The normalized spacial score (nSPS) is 11.3. The zero-order chi connectivity index (χ0) is 23.5. The summed E-state index contributed by atoms with van der Waals surface area (Å²) in [5.74, 6) is 1.30. The number of hydrogen-bond donors (Lipinski definition) is 0. The second kappa shape index (κ2) is 9.79. The highest BCUT2D eigenvalue weighted by molar-refractivity contribution is 7.22. The number of aryl methyl sites for hydroxylation is 1. The van der Waals surface area contributed by atoms with E-state index in [0.717, 1.165) is 52.6 Å². The maximum absolute atomic E-state index is 13.4. The average Bonchev–Trinajstić information content (AvgIpc) is 3.24. The molecule has 0 saturated carbocycles.